The third-order valence-corrected chi connectivity index (χ3v) is 12.6. The van der Waals surface area contributed by atoms with Crippen molar-refractivity contribution in [1.82, 2.24) is 25.2 Å². The van der Waals surface area contributed by atoms with Gasteiger partial charge in [-0.25, -0.2) is 24.1 Å². The topological polar surface area (TPSA) is 130 Å². The summed E-state index contributed by atoms with van der Waals surface area (Å²) >= 11 is 0. The van der Waals surface area contributed by atoms with Gasteiger partial charge in [0.2, 0.25) is 11.8 Å². The Morgan fingerprint density at radius 2 is 1.72 bits per heavy atom. The van der Waals surface area contributed by atoms with Crippen LogP contribution in [-0.2, 0) is 20.9 Å². The van der Waals surface area contributed by atoms with E-state index in [0.717, 1.165) is 11.8 Å². The molecule has 0 radical (unpaired) electrons. The van der Waals surface area contributed by atoms with Gasteiger partial charge in [0.15, 0.2) is 0 Å². The summed E-state index contributed by atoms with van der Waals surface area (Å²) in [6.07, 6.45) is 1.13. The quantitative estimate of drug-likeness (QED) is 0.325. The molecule has 11 nitrogen and oxygen atoms in total. The van der Waals surface area contributed by atoms with Crippen LogP contribution in [0.4, 0.5) is 38.0 Å². The number of halogens is 6. The first-order chi connectivity index (χ1) is 25.0. The maximum atomic E-state index is 15.5. The molecule has 288 valence electrons. The highest BCUT2D eigenvalue weighted by atomic mass is 19.4. The van der Waals surface area contributed by atoms with Gasteiger partial charge in [-0.05, 0) is 81.1 Å². The van der Waals surface area contributed by atoms with Gasteiger partial charge >= 0.3 is 12.1 Å². The third kappa shape index (κ3) is 6.48. The number of nitrogens with zero attached hydrogens (tertiary/aromatic N) is 5. The van der Waals surface area contributed by atoms with Gasteiger partial charge in [0.05, 0.1) is 24.0 Å². The molecule has 6 fully saturated rings. The molecule has 5 atom stereocenters. The molecule has 53 heavy (non-hydrogen) atoms. The van der Waals surface area contributed by atoms with Gasteiger partial charge in [0.25, 0.3) is 11.8 Å². The van der Waals surface area contributed by atoms with Crippen LogP contribution in [0.5, 0.6) is 5.88 Å². The molecule has 4 aliphatic carbocycles. The van der Waals surface area contributed by atoms with E-state index in [2.05, 4.69) is 20.3 Å². The zero-order valence-electron chi connectivity index (χ0n) is 29.2. The van der Waals surface area contributed by atoms with Crippen LogP contribution in [0.15, 0.2) is 18.5 Å². The molecule has 1 amide bonds. The Morgan fingerprint density at radius 3 is 2.32 bits per heavy atom. The lowest BCUT2D eigenvalue weighted by Gasteiger charge is -2.61. The van der Waals surface area contributed by atoms with E-state index in [-0.39, 0.29) is 43.9 Å². The van der Waals surface area contributed by atoms with Crippen LogP contribution in [0.3, 0.4) is 0 Å². The van der Waals surface area contributed by atoms with Crippen LogP contribution in [0, 0.1) is 17.8 Å². The average molecular weight is 753 g/mol. The Hall–Kier alpha value is -3.73. The molecule has 2 aromatic heterocycles. The molecule has 0 aromatic carbocycles. The molecular formula is C36H42F6N6O5. The van der Waals surface area contributed by atoms with Crippen molar-refractivity contribution in [3.05, 3.63) is 35.3 Å². The standard InChI is InChI=1S/C36H42F6N6O5/c1-32(37,38)28-24(29(49)46-36(30(50)51)21-10-20-11-22(36)15-34(39,13-20)14-21)16-44-31(45-28)48-18-33(4-8-52-9-5-33)25-12-27(43-17-26(25)48)53-23-2-6-47(7-3-23)19-35(40,41)42/h12,16-17,20-23H,2-11,13-15,18-19H2,1H3,(H,46,49)(H,50,51)/t20?,21-,22+,34-,36-. The number of ether oxygens (including phenoxy) is 2. The van der Waals surface area contributed by atoms with Crippen molar-refractivity contribution < 1.29 is 50.5 Å². The smallest absolute Gasteiger partial charge is 0.401 e. The SMILES string of the molecule is CC(F)(F)c1nc(N2CC3(CCOCC3)c3cc(OC4CCN(CC(F)(F)F)CC4)ncc32)ncc1C(=O)N[C@]1(C(=O)O)[C@@H]2CC3C[C@H]1C[C@@](F)(C3)C2. The third-order valence-electron chi connectivity index (χ3n) is 12.6. The highest BCUT2D eigenvalue weighted by Crippen LogP contribution is 2.61. The number of carbonyl (C=O) groups excluding carboxylic acids is 1. The molecule has 7 aliphatic rings. The van der Waals surface area contributed by atoms with Gasteiger partial charge < -0.3 is 24.8 Å². The van der Waals surface area contributed by atoms with E-state index in [1.165, 1.54) is 4.90 Å². The number of fused-ring (bicyclic) bond motifs is 2. The lowest BCUT2D eigenvalue weighted by atomic mass is 9.47. The van der Waals surface area contributed by atoms with Gasteiger partial charge in [0, 0.05) is 57.4 Å². The van der Waals surface area contributed by atoms with Crippen molar-refractivity contribution >= 4 is 23.5 Å². The molecule has 2 aromatic rings. The second-order valence-corrected chi connectivity index (χ2v) is 16.2. The zero-order chi connectivity index (χ0) is 37.6. The van der Waals surface area contributed by atoms with Gasteiger partial charge in [-0.3, -0.25) is 9.69 Å². The number of hydrogen-bond acceptors (Lipinski definition) is 9. The first-order valence-electron chi connectivity index (χ1n) is 18.3. The molecule has 4 bridgehead atoms. The molecule has 2 saturated heterocycles. The van der Waals surface area contributed by atoms with E-state index in [0.29, 0.717) is 83.2 Å². The summed E-state index contributed by atoms with van der Waals surface area (Å²) < 4.78 is 96.7. The van der Waals surface area contributed by atoms with Gasteiger partial charge in [-0.1, -0.05) is 0 Å². The maximum absolute atomic E-state index is 15.5. The first kappa shape index (κ1) is 36.3. The van der Waals surface area contributed by atoms with Crippen LogP contribution in [0.25, 0.3) is 0 Å². The molecule has 2 N–H and O–H groups in total. The molecule has 5 heterocycles. The van der Waals surface area contributed by atoms with Crippen LogP contribution in [0.1, 0.15) is 86.3 Å². The summed E-state index contributed by atoms with van der Waals surface area (Å²) in [4.78, 5) is 42.9. The fraction of sp³-hybridized carbons (Fsp3) is 0.694. The Labute approximate surface area is 301 Å². The van der Waals surface area contributed by atoms with Crippen LogP contribution in [0.2, 0.25) is 0 Å². The highest BCUT2D eigenvalue weighted by Gasteiger charge is 2.67. The summed E-state index contributed by atoms with van der Waals surface area (Å²) in [6.45, 7) is 1.29. The molecule has 17 heteroatoms. The summed E-state index contributed by atoms with van der Waals surface area (Å²) in [6, 6.07) is 1.79. The summed E-state index contributed by atoms with van der Waals surface area (Å²) in [5, 5.41) is 13.1. The molecule has 1 unspecified atom stereocenters. The second kappa shape index (κ2) is 12.7. The minimum Gasteiger partial charge on any atom is -0.479 e. The highest BCUT2D eigenvalue weighted by molar-refractivity contribution is 5.99. The number of aromatic nitrogens is 3. The van der Waals surface area contributed by atoms with Crippen LogP contribution in [-0.4, -0.2) is 99.7 Å². The number of carboxylic acid groups (broad SMARTS) is 1. The average Bonchev–Trinajstić information content (AvgIpc) is 3.37. The Morgan fingerprint density at radius 1 is 1.04 bits per heavy atom. The van der Waals surface area contributed by atoms with E-state index in [1.807, 2.05) is 0 Å². The Kier molecular flexibility index (Phi) is 8.67. The van der Waals surface area contributed by atoms with Gasteiger partial charge in [-0.2, -0.15) is 22.0 Å². The van der Waals surface area contributed by atoms with Crippen LogP contribution >= 0.6 is 0 Å². The van der Waals surface area contributed by atoms with Crippen molar-refractivity contribution in [3.8, 4) is 5.88 Å². The number of nitrogens with one attached hydrogen (secondary N) is 1. The fourth-order valence-corrected chi connectivity index (χ4v) is 10.4. The van der Waals surface area contributed by atoms with E-state index in [9.17, 15) is 27.9 Å². The predicted octanol–water partition coefficient (Wildman–Crippen LogP) is 5.69. The normalized spacial score (nSPS) is 31.2. The van der Waals surface area contributed by atoms with Crippen molar-refractivity contribution in [1.29, 1.82) is 0 Å². The molecule has 3 aliphatic heterocycles. The predicted molar refractivity (Wildman–Crippen MR) is 176 cm³/mol. The molecule has 1 spiro atoms. The van der Waals surface area contributed by atoms with Crippen molar-refractivity contribution in [2.75, 3.05) is 44.3 Å². The van der Waals surface area contributed by atoms with Crippen LogP contribution < -0.4 is 15.0 Å². The first-order valence-corrected chi connectivity index (χ1v) is 18.3. The van der Waals surface area contributed by atoms with Gasteiger partial charge in [-0.15, -0.1) is 0 Å². The van der Waals surface area contributed by atoms with Crippen molar-refractivity contribution in [2.45, 2.75) is 99.5 Å². The lowest BCUT2D eigenvalue weighted by Crippen LogP contribution is -2.72. The number of pyridine rings is 1. The number of hydrogen-bond donors (Lipinski definition) is 2. The zero-order valence-corrected chi connectivity index (χ0v) is 29.2. The van der Waals surface area contributed by atoms with Gasteiger partial charge in [0.1, 0.15) is 23.0 Å². The number of piperidine rings is 1. The van der Waals surface area contributed by atoms with Crippen molar-refractivity contribution in [3.63, 3.8) is 0 Å². The lowest BCUT2D eigenvalue weighted by molar-refractivity contribution is -0.174. The molecular weight excluding hydrogens is 710 g/mol. The largest absolute Gasteiger partial charge is 0.479 e. The number of aliphatic carboxylic acids is 1. The van der Waals surface area contributed by atoms with Crippen molar-refractivity contribution in [2.24, 2.45) is 17.8 Å². The monoisotopic (exact) mass is 752 g/mol. The number of anilines is 2. The number of alkyl halides is 6. The summed E-state index contributed by atoms with van der Waals surface area (Å²) in [5.74, 6) is -7.11. The van der Waals surface area contributed by atoms with E-state index in [1.54, 1.807) is 17.2 Å². The Balaban J connectivity index is 1.07. The molecule has 4 saturated carbocycles. The fourth-order valence-electron chi connectivity index (χ4n) is 10.4. The van der Waals surface area contributed by atoms with E-state index < -0.39 is 70.2 Å². The number of carboxylic acids is 1. The second-order valence-electron chi connectivity index (χ2n) is 16.2. The number of carbonyl (C=O) groups is 2. The summed E-state index contributed by atoms with van der Waals surface area (Å²) in [7, 11) is 0. The molecule has 9 rings (SSSR count). The Bertz CT molecular complexity index is 1760. The number of amides is 1. The minimum atomic E-state index is -4.28. The van der Waals surface area contributed by atoms with E-state index in [4.69, 9.17) is 9.47 Å². The maximum Gasteiger partial charge on any atom is 0.401 e. The summed E-state index contributed by atoms with van der Waals surface area (Å²) in [5.41, 5.74) is -3.83. The number of rotatable bonds is 8. The number of likely N-dealkylation sites (tertiary alicyclic amines) is 1. The minimum absolute atomic E-state index is 0.0119. The van der Waals surface area contributed by atoms with E-state index >= 15 is 13.2 Å².